The number of ether oxygens (including phenoxy) is 2. The highest BCUT2D eigenvalue weighted by atomic mass is 16.5. The number of carbonyl (C=O) groups excluding carboxylic acids is 1. The van der Waals surface area contributed by atoms with E-state index in [1.807, 2.05) is 6.92 Å². The quantitative estimate of drug-likeness (QED) is 0.469. The fraction of sp³-hybridized carbons (Fsp3) is 0.611. The third kappa shape index (κ3) is 6.70. The van der Waals surface area contributed by atoms with Crippen LogP contribution in [-0.2, 0) is 11.2 Å². The molecule has 1 fully saturated rings. The van der Waals surface area contributed by atoms with Gasteiger partial charge >= 0.3 is 6.03 Å². The summed E-state index contributed by atoms with van der Waals surface area (Å²) in [6.45, 7) is 5.92. The highest BCUT2D eigenvalue weighted by molar-refractivity contribution is 5.74. The maximum absolute atomic E-state index is 11.9. The molecule has 1 heterocycles. The van der Waals surface area contributed by atoms with Crippen molar-refractivity contribution >= 4 is 6.03 Å². The standard InChI is InChI=1S/C18H29N3O5/c1-2-14-11-16(3-4-17(14)23)26-13-15(22)12-19-5-6-20-18(24)21-7-9-25-10-8-21/h3-4,11,15,19,22-23H,2,5-10,12-13H2,1H3,(H,20,24)/t15-/m0/s1. The van der Waals surface area contributed by atoms with E-state index in [0.29, 0.717) is 58.1 Å². The number of nitrogens with zero attached hydrogens (tertiary/aromatic N) is 1. The van der Waals surface area contributed by atoms with Crippen molar-refractivity contribution in [3.63, 3.8) is 0 Å². The van der Waals surface area contributed by atoms with Crippen LogP contribution in [0.2, 0.25) is 0 Å². The van der Waals surface area contributed by atoms with E-state index in [2.05, 4.69) is 10.6 Å². The first-order chi connectivity index (χ1) is 12.6. The summed E-state index contributed by atoms with van der Waals surface area (Å²) in [6.07, 6.45) is 0.0485. The van der Waals surface area contributed by atoms with E-state index in [4.69, 9.17) is 9.47 Å². The second-order valence-electron chi connectivity index (χ2n) is 6.14. The van der Waals surface area contributed by atoms with Crippen molar-refractivity contribution in [1.82, 2.24) is 15.5 Å². The van der Waals surface area contributed by atoms with Crippen molar-refractivity contribution in [2.45, 2.75) is 19.4 Å². The van der Waals surface area contributed by atoms with Gasteiger partial charge in [-0.25, -0.2) is 4.79 Å². The Labute approximate surface area is 154 Å². The molecule has 8 heteroatoms. The number of aliphatic hydroxyl groups excluding tert-OH is 1. The molecule has 0 spiro atoms. The van der Waals surface area contributed by atoms with Gasteiger partial charge in [-0.2, -0.15) is 0 Å². The van der Waals surface area contributed by atoms with Gasteiger partial charge in [0.25, 0.3) is 0 Å². The van der Waals surface area contributed by atoms with Crippen LogP contribution in [0.15, 0.2) is 18.2 Å². The maximum atomic E-state index is 11.9. The average molecular weight is 367 g/mol. The second kappa shape index (κ2) is 10.8. The number of amides is 2. The number of aryl methyl sites for hydroxylation is 1. The average Bonchev–Trinajstić information content (AvgIpc) is 2.67. The number of nitrogens with one attached hydrogen (secondary N) is 2. The third-order valence-corrected chi connectivity index (χ3v) is 4.13. The molecule has 0 radical (unpaired) electrons. The fourth-order valence-electron chi connectivity index (χ4n) is 2.59. The molecule has 0 saturated carbocycles. The highest BCUT2D eigenvalue weighted by Gasteiger charge is 2.15. The molecule has 1 saturated heterocycles. The summed E-state index contributed by atoms with van der Waals surface area (Å²) in [5.41, 5.74) is 0.811. The molecule has 0 unspecified atom stereocenters. The van der Waals surface area contributed by atoms with E-state index in [0.717, 1.165) is 5.56 Å². The summed E-state index contributed by atoms with van der Waals surface area (Å²) < 4.78 is 10.8. The Morgan fingerprint density at radius 3 is 2.85 bits per heavy atom. The van der Waals surface area contributed by atoms with E-state index in [1.165, 1.54) is 0 Å². The lowest BCUT2D eigenvalue weighted by Gasteiger charge is -2.27. The van der Waals surface area contributed by atoms with Gasteiger partial charge in [0.15, 0.2) is 0 Å². The fourth-order valence-corrected chi connectivity index (χ4v) is 2.59. The van der Waals surface area contributed by atoms with E-state index in [-0.39, 0.29) is 18.4 Å². The first-order valence-corrected chi connectivity index (χ1v) is 9.04. The Morgan fingerprint density at radius 1 is 1.35 bits per heavy atom. The summed E-state index contributed by atoms with van der Waals surface area (Å²) in [7, 11) is 0. The topological polar surface area (TPSA) is 103 Å². The third-order valence-electron chi connectivity index (χ3n) is 4.13. The number of aromatic hydroxyl groups is 1. The molecule has 1 aromatic rings. The molecule has 26 heavy (non-hydrogen) atoms. The second-order valence-corrected chi connectivity index (χ2v) is 6.14. The molecule has 146 valence electrons. The number of carbonyl (C=O) groups is 1. The highest BCUT2D eigenvalue weighted by Crippen LogP contribution is 2.23. The van der Waals surface area contributed by atoms with Crippen LogP contribution in [0.4, 0.5) is 4.79 Å². The molecule has 2 rings (SSSR count). The minimum Gasteiger partial charge on any atom is -0.508 e. The SMILES string of the molecule is CCc1cc(OC[C@@H](O)CNCCNC(=O)N2CCOCC2)ccc1O. The van der Waals surface area contributed by atoms with Crippen molar-refractivity contribution in [2.75, 3.05) is 52.5 Å². The summed E-state index contributed by atoms with van der Waals surface area (Å²) >= 11 is 0. The Hall–Kier alpha value is -2.03. The normalized spacial score (nSPS) is 15.5. The molecule has 0 bridgehead atoms. The molecular weight excluding hydrogens is 338 g/mol. The van der Waals surface area contributed by atoms with Gasteiger partial charge in [0, 0.05) is 32.7 Å². The summed E-state index contributed by atoms with van der Waals surface area (Å²) in [6, 6.07) is 4.96. The van der Waals surface area contributed by atoms with Crippen molar-refractivity contribution in [3.05, 3.63) is 23.8 Å². The van der Waals surface area contributed by atoms with Crippen LogP contribution < -0.4 is 15.4 Å². The van der Waals surface area contributed by atoms with Crippen molar-refractivity contribution < 1.29 is 24.5 Å². The van der Waals surface area contributed by atoms with E-state index >= 15 is 0 Å². The van der Waals surface area contributed by atoms with Crippen LogP contribution in [0.1, 0.15) is 12.5 Å². The smallest absolute Gasteiger partial charge is 0.317 e. The first kappa shape index (κ1) is 20.3. The number of aliphatic hydroxyl groups is 1. The lowest BCUT2D eigenvalue weighted by atomic mass is 10.1. The van der Waals surface area contributed by atoms with Crippen LogP contribution >= 0.6 is 0 Å². The van der Waals surface area contributed by atoms with Gasteiger partial charge in [0.2, 0.25) is 0 Å². The van der Waals surface area contributed by atoms with E-state index < -0.39 is 6.10 Å². The van der Waals surface area contributed by atoms with Crippen molar-refractivity contribution in [3.8, 4) is 11.5 Å². The van der Waals surface area contributed by atoms with Gasteiger partial charge in [0.1, 0.15) is 24.2 Å². The van der Waals surface area contributed by atoms with Crippen molar-refractivity contribution in [2.24, 2.45) is 0 Å². The molecule has 2 amide bonds. The maximum Gasteiger partial charge on any atom is 0.317 e. The van der Waals surface area contributed by atoms with Crippen LogP contribution in [0, 0.1) is 0 Å². The number of morpholine rings is 1. The molecule has 1 aliphatic rings. The number of phenols is 1. The zero-order chi connectivity index (χ0) is 18.8. The molecule has 0 aliphatic carbocycles. The predicted molar refractivity (Wildman–Crippen MR) is 97.6 cm³/mol. The summed E-state index contributed by atoms with van der Waals surface area (Å²) in [4.78, 5) is 13.6. The lowest BCUT2D eigenvalue weighted by Crippen LogP contribution is -2.47. The number of rotatable bonds is 9. The van der Waals surface area contributed by atoms with E-state index in [1.54, 1.807) is 23.1 Å². The van der Waals surface area contributed by atoms with E-state index in [9.17, 15) is 15.0 Å². The van der Waals surface area contributed by atoms with Gasteiger partial charge in [-0.15, -0.1) is 0 Å². The monoisotopic (exact) mass is 367 g/mol. The van der Waals surface area contributed by atoms with Crippen LogP contribution in [-0.4, -0.2) is 79.8 Å². The van der Waals surface area contributed by atoms with Gasteiger partial charge in [-0.3, -0.25) is 0 Å². The number of urea groups is 1. The molecule has 0 aromatic heterocycles. The van der Waals surface area contributed by atoms with Gasteiger partial charge in [-0.1, -0.05) is 6.92 Å². The predicted octanol–water partition coefficient (Wildman–Crippen LogP) is 0.326. The molecule has 1 aromatic carbocycles. The number of hydrogen-bond acceptors (Lipinski definition) is 6. The lowest BCUT2D eigenvalue weighted by molar-refractivity contribution is 0.0532. The first-order valence-electron chi connectivity index (χ1n) is 9.04. The molecule has 4 N–H and O–H groups in total. The molecule has 1 atom stereocenters. The number of phenolic OH excluding ortho intramolecular Hbond substituents is 1. The van der Waals surface area contributed by atoms with Crippen LogP contribution in [0.3, 0.4) is 0 Å². The van der Waals surface area contributed by atoms with Gasteiger partial charge in [-0.05, 0) is 30.2 Å². The minimum atomic E-state index is -0.663. The zero-order valence-electron chi connectivity index (χ0n) is 15.2. The molecular formula is C18H29N3O5. The Balaban J connectivity index is 1.56. The van der Waals surface area contributed by atoms with Crippen LogP contribution in [0.25, 0.3) is 0 Å². The zero-order valence-corrected chi connectivity index (χ0v) is 15.2. The summed E-state index contributed by atoms with van der Waals surface area (Å²) in [5, 5.41) is 25.5. The Kier molecular flexibility index (Phi) is 8.46. The molecule has 8 nitrogen and oxygen atoms in total. The van der Waals surface area contributed by atoms with Crippen LogP contribution in [0.5, 0.6) is 11.5 Å². The molecule has 1 aliphatic heterocycles. The largest absolute Gasteiger partial charge is 0.508 e. The Morgan fingerprint density at radius 2 is 2.12 bits per heavy atom. The minimum absolute atomic E-state index is 0.0851. The van der Waals surface area contributed by atoms with Gasteiger partial charge in [0.05, 0.1) is 13.2 Å². The summed E-state index contributed by atoms with van der Waals surface area (Å²) in [5.74, 6) is 0.873. The number of hydrogen-bond donors (Lipinski definition) is 4. The number of benzene rings is 1. The van der Waals surface area contributed by atoms with Gasteiger partial charge < -0.3 is 35.2 Å². The Bertz CT molecular complexity index is 564. The van der Waals surface area contributed by atoms with Crippen molar-refractivity contribution in [1.29, 1.82) is 0 Å².